The topological polar surface area (TPSA) is 108 Å². The van der Waals surface area contributed by atoms with Crippen molar-refractivity contribution in [1.29, 1.82) is 0 Å². The number of hydrogen-bond acceptors (Lipinski definition) is 8. The number of amides is 2. The number of rotatable bonds is 9. The van der Waals surface area contributed by atoms with E-state index >= 15 is 0 Å². The molecular weight excluding hydrogens is 460 g/mol. The highest BCUT2D eigenvalue weighted by Crippen LogP contribution is 2.26. The van der Waals surface area contributed by atoms with Crippen LogP contribution in [0.4, 0.5) is 10.7 Å². The van der Waals surface area contributed by atoms with E-state index in [1.165, 1.54) is 5.56 Å². The molecule has 0 spiro atoms. The zero-order valence-corrected chi connectivity index (χ0v) is 20.2. The van der Waals surface area contributed by atoms with Crippen LogP contribution in [-0.4, -0.2) is 39.9 Å². The van der Waals surface area contributed by atoms with Gasteiger partial charge >= 0.3 is 0 Å². The van der Waals surface area contributed by atoms with Crippen LogP contribution in [0.3, 0.4) is 0 Å². The first kappa shape index (κ1) is 24.6. The fraction of sp³-hybridized carbons (Fsp3) is 0.269. The molecule has 2 fully saturated rings. The Hall–Kier alpha value is -3.56. The molecule has 2 aromatic rings. The average Bonchev–Trinajstić information content (AvgIpc) is 3.18. The molecule has 9 heteroatoms. The maximum atomic E-state index is 11.8. The highest BCUT2D eigenvalue weighted by molar-refractivity contribution is 8.18. The molecule has 1 aromatic carbocycles. The second-order valence-electron chi connectivity index (χ2n) is 8.38. The number of carbonyl (C=O) groups excluding carboxylic acids is 2. The molecule has 0 atom stereocenters. The van der Waals surface area contributed by atoms with Gasteiger partial charge in [-0.1, -0.05) is 30.9 Å². The second-order valence-corrected chi connectivity index (χ2v) is 9.39. The Morgan fingerprint density at radius 1 is 1.20 bits per heavy atom. The molecule has 2 amide bonds. The molecule has 1 saturated carbocycles. The molecule has 8 nitrogen and oxygen atoms in total. The number of hydrogen-bond donors (Lipinski definition) is 3. The summed E-state index contributed by atoms with van der Waals surface area (Å²) in [6.07, 6.45) is 10.9. The summed E-state index contributed by atoms with van der Waals surface area (Å²) in [7, 11) is 0. The second kappa shape index (κ2) is 11.7. The summed E-state index contributed by atoms with van der Waals surface area (Å²) < 4.78 is 0. The molecule has 0 bridgehead atoms. The maximum Gasteiger partial charge on any atom is 0.290 e. The summed E-state index contributed by atoms with van der Waals surface area (Å²) in [5.74, 6) is 0.137. The smallest absolute Gasteiger partial charge is 0.290 e. The Morgan fingerprint density at radius 3 is 2.71 bits per heavy atom. The van der Waals surface area contributed by atoms with E-state index in [0.29, 0.717) is 22.6 Å². The Labute approximate surface area is 209 Å². The van der Waals surface area contributed by atoms with Crippen LogP contribution in [0.2, 0.25) is 0 Å². The van der Waals surface area contributed by atoms with E-state index in [1.807, 2.05) is 18.2 Å². The molecule has 2 aliphatic rings. The number of aromatic nitrogens is 2. The van der Waals surface area contributed by atoms with Crippen LogP contribution in [0.25, 0.3) is 11.8 Å². The lowest BCUT2D eigenvalue weighted by molar-refractivity contribution is -0.115. The van der Waals surface area contributed by atoms with Gasteiger partial charge in [0, 0.05) is 30.4 Å². The van der Waals surface area contributed by atoms with Crippen molar-refractivity contribution >= 4 is 47.3 Å². The van der Waals surface area contributed by atoms with Gasteiger partial charge in [0.05, 0.1) is 16.3 Å². The number of carbonyl (C=O) groups is 2. The Morgan fingerprint density at radius 2 is 2.00 bits per heavy atom. The summed E-state index contributed by atoms with van der Waals surface area (Å²) in [4.78, 5) is 36.3. The van der Waals surface area contributed by atoms with Gasteiger partial charge in [-0.2, -0.15) is 0 Å². The largest absolute Gasteiger partial charge is 0.351 e. The summed E-state index contributed by atoms with van der Waals surface area (Å²) in [5, 5.41) is 8.97. The quantitative estimate of drug-likeness (QED) is 0.270. The van der Waals surface area contributed by atoms with Crippen LogP contribution in [0.1, 0.15) is 42.5 Å². The minimum Gasteiger partial charge on any atom is -0.351 e. The minimum absolute atomic E-state index is 0.287. The number of nitrogens with one attached hydrogen (secondary N) is 3. The zero-order chi connectivity index (χ0) is 24.6. The van der Waals surface area contributed by atoms with Crippen molar-refractivity contribution in [2.24, 2.45) is 4.99 Å². The fourth-order valence-electron chi connectivity index (χ4n) is 4.16. The van der Waals surface area contributed by atoms with Crippen molar-refractivity contribution in [2.75, 3.05) is 5.32 Å². The van der Waals surface area contributed by atoms with E-state index in [4.69, 9.17) is 0 Å². The first-order valence-electron chi connectivity index (χ1n) is 11.5. The van der Waals surface area contributed by atoms with Gasteiger partial charge in [0.2, 0.25) is 5.95 Å². The molecule has 180 valence electrons. The van der Waals surface area contributed by atoms with E-state index in [2.05, 4.69) is 56.3 Å². The zero-order valence-electron chi connectivity index (χ0n) is 19.4. The summed E-state index contributed by atoms with van der Waals surface area (Å²) >= 11 is 0.878. The molecule has 35 heavy (non-hydrogen) atoms. The average molecular weight is 489 g/mol. The molecule has 1 aliphatic carbocycles. The lowest BCUT2D eigenvalue weighted by Gasteiger charge is -2.30. The lowest BCUT2D eigenvalue weighted by Crippen LogP contribution is -2.36. The van der Waals surface area contributed by atoms with Crippen molar-refractivity contribution in [3.63, 3.8) is 0 Å². The van der Waals surface area contributed by atoms with E-state index in [9.17, 15) is 9.59 Å². The van der Waals surface area contributed by atoms with Crippen LogP contribution in [0.15, 0.2) is 65.2 Å². The maximum absolute atomic E-state index is 11.8. The van der Waals surface area contributed by atoms with Gasteiger partial charge in [-0.05, 0) is 74.0 Å². The van der Waals surface area contributed by atoms with Crippen molar-refractivity contribution in [1.82, 2.24) is 20.6 Å². The Balaban J connectivity index is 1.27. The van der Waals surface area contributed by atoms with Crippen molar-refractivity contribution in [3.8, 4) is 0 Å². The first-order valence-corrected chi connectivity index (χ1v) is 12.3. The third-order valence-electron chi connectivity index (χ3n) is 5.92. The van der Waals surface area contributed by atoms with E-state index in [1.54, 1.807) is 24.4 Å². The van der Waals surface area contributed by atoms with Gasteiger partial charge in [-0.3, -0.25) is 19.9 Å². The normalized spacial score (nSPS) is 21.6. The summed E-state index contributed by atoms with van der Waals surface area (Å²) in [6, 6.07) is 10.8. The van der Waals surface area contributed by atoms with Crippen LogP contribution >= 0.6 is 11.8 Å². The van der Waals surface area contributed by atoms with E-state index in [-0.39, 0.29) is 11.3 Å². The number of anilines is 1. The van der Waals surface area contributed by atoms with Gasteiger partial charge in [0.25, 0.3) is 11.1 Å². The van der Waals surface area contributed by atoms with E-state index < -0.39 is 5.91 Å². The number of nitrogens with zero attached hydrogens (tertiary/aromatic N) is 3. The SMILES string of the molecule is C=C/C=C(\N=C)c1cccc(CNC2CCC(Nc3nccc(/C=C4\SC(=O)NC4=O)n3)CC2)c1. The third-order valence-corrected chi connectivity index (χ3v) is 6.73. The number of benzene rings is 1. The predicted octanol–water partition coefficient (Wildman–Crippen LogP) is 4.54. The van der Waals surface area contributed by atoms with Crippen LogP contribution in [0.5, 0.6) is 0 Å². The lowest BCUT2D eigenvalue weighted by atomic mass is 9.91. The first-order chi connectivity index (χ1) is 17.0. The summed E-state index contributed by atoms with van der Waals surface area (Å²) in [5.41, 5.74) is 3.64. The number of thioether (sulfide) groups is 1. The molecule has 1 aliphatic heterocycles. The molecular formula is C26H28N6O2S. The fourth-order valence-corrected chi connectivity index (χ4v) is 4.82. The van der Waals surface area contributed by atoms with Crippen molar-refractivity contribution < 1.29 is 9.59 Å². The Kier molecular flexibility index (Phi) is 8.23. The molecule has 1 saturated heterocycles. The Bertz CT molecular complexity index is 1180. The highest BCUT2D eigenvalue weighted by atomic mass is 32.2. The molecule has 0 unspecified atom stereocenters. The predicted molar refractivity (Wildman–Crippen MR) is 142 cm³/mol. The standard InChI is InChI=1S/C26H28N6O2S/c1-3-5-22(27-2)18-7-4-6-17(14-18)16-29-19-8-10-20(11-9-19)30-25-28-13-12-21(31-25)15-23-24(33)32-26(34)35-23/h3-7,12-15,19-20,29H,1-2,8-11,16H2,(H,28,30,31)(H,32,33,34)/b22-5-,23-15-. The number of imide groups is 1. The molecule has 4 rings (SSSR count). The molecule has 3 N–H and O–H groups in total. The molecule has 2 heterocycles. The van der Waals surface area contributed by atoms with Crippen LogP contribution in [0, 0.1) is 0 Å². The highest BCUT2D eigenvalue weighted by Gasteiger charge is 2.25. The molecule has 1 aromatic heterocycles. The van der Waals surface area contributed by atoms with Crippen LogP contribution in [-0.2, 0) is 11.3 Å². The third kappa shape index (κ3) is 6.74. The van der Waals surface area contributed by atoms with Gasteiger partial charge in [-0.15, -0.1) is 0 Å². The van der Waals surface area contributed by atoms with Gasteiger partial charge in [-0.25, -0.2) is 9.97 Å². The van der Waals surface area contributed by atoms with E-state index in [0.717, 1.165) is 55.3 Å². The monoisotopic (exact) mass is 488 g/mol. The van der Waals surface area contributed by atoms with Crippen LogP contribution < -0.4 is 16.0 Å². The van der Waals surface area contributed by atoms with Gasteiger partial charge in [0.15, 0.2) is 0 Å². The number of aliphatic imine (C=N–C) groups is 1. The van der Waals surface area contributed by atoms with Gasteiger partial charge in [0.1, 0.15) is 0 Å². The molecule has 0 radical (unpaired) electrons. The summed E-state index contributed by atoms with van der Waals surface area (Å²) in [6.45, 7) is 8.18. The van der Waals surface area contributed by atoms with Gasteiger partial charge < -0.3 is 10.6 Å². The van der Waals surface area contributed by atoms with Crippen molar-refractivity contribution in [3.05, 3.63) is 77.0 Å². The minimum atomic E-state index is -0.392. The van der Waals surface area contributed by atoms with Crippen molar-refractivity contribution in [2.45, 2.75) is 44.3 Å². The number of allylic oxidation sites excluding steroid dienone is 2.